The third-order valence-electron chi connectivity index (χ3n) is 3.21. The first-order valence-electron chi connectivity index (χ1n) is 6.29. The summed E-state index contributed by atoms with van der Waals surface area (Å²) in [7, 11) is 0. The van der Waals surface area contributed by atoms with Crippen molar-refractivity contribution in [3.63, 3.8) is 0 Å². The third-order valence-corrected chi connectivity index (χ3v) is 3.21. The summed E-state index contributed by atoms with van der Waals surface area (Å²) in [5, 5.41) is 12.5. The van der Waals surface area contributed by atoms with Crippen LogP contribution >= 0.6 is 0 Å². The highest BCUT2D eigenvalue weighted by Gasteiger charge is 2.33. The molecule has 1 amide bonds. The number of aliphatic hydroxyl groups is 1. The molecule has 0 aliphatic heterocycles. The average molecular weight is 227 g/mol. The van der Waals surface area contributed by atoms with E-state index in [0.717, 1.165) is 25.7 Å². The molecule has 0 spiro atoms. The number of aliphatic hydroxyl groups excluding tert-OH is 1. The molecule has 1 aliphatic carbocycles. The van der Waals surface area contributed by atoms with Gasteiger partial charge in [0.15, 0.2) is 0 Å². The van der Waals surface area contributed by atoms with E-state index >= 15 is 0 Å². The fraction of sp³-hybridized carbons (Fsp3) is 0.923. The molecule has 1 rings (SSSR count). The third kappa shape index (κ3) is 4.12. The molecule has 3 nitrogen and oxygen atoms in total. The van der Waals surface area contributed by atoms with Crippen molar-refractivity contribution in [2.45, 2.75) is 64.8 Å². The molecular formula is C13H25NO2. The number of hydrogen-bond donors (Lipinski definition) is 2. The second-order valence-electron chi connectivity index (χ2n) is 6.28. The van der Waals surface area contributed by atoms with Crippen molar-refractivity contribution in [1.29, 1.82) is 0 Å². The van der Waals surface area contributed by atoms with Crippen LogP contribution in [0.5, 0.6) is 0 Å². The summed E-state index contributed by atoms with van der Waals surface area (Å²) in [5.74, 6) is 0.0726. The normalized spacial score (nSPS) is 20.5. The van der Waals surface area contributed by atoms with Crippen LogP contribution in [0.3, 0.4) is 0 Å². The Morgan fingerprint density at radius 1 is 1.25 bits per heavy atom. The molecule has 0 aromatic rings. The first-order chi connectivity index (χ1) is 7.37. The Morgan fingerprint density at radius 2 is 1.81 bits per heavy atom. The van der Waals surface area contributed by atoms with Crippen molar-refractivity contribution in [1.82, 2.24) is 5.32 Å². The lowest BCUT2D eigenvalue weighted by molar-refractivity contribution is -0.125. The van der Waals surface area contributed by atoms with Gasteiger partial charge in [-0.3, -0.25) is 4.79 Å². The van der Waals surface area contributed by atoms with E-state index in [4.69, 9.17) is 0 Å². The van der Waals surface area contributed by atoms with Crippen molar-refractivity contribution in [3.8, 4) is 0 Å². The molecule has 3 heteroatoms. The minimum Gasteiger partial charge on any atom is -0.394 e. The highest BCUT2D eigenvalue weighted by atomic mass is 16.3. The van der Waals surface area contributed by atoms with E-state index in [1.165, 1.54) is 6.42 Å². The van der Waals surface area contributed by atoms with Gasteiger partial charge in [0.25, 0.3) is 0 Å². The van der Waals surface area contributed by atoms with Gasteiger partial charge in [-0.25, -0.2) is 0 Å². The zero-order valence-electron chi connectivity index (χ0n) is 10.8. The number of rotatable bonds is 3. The maximum atomic E-state index is 11.9. The second-order valence-corrected chi connectivity index (χ2v) is 6.28. The molecule has 16 heavy (non-hydrogen) atoms. The first kappa shape index (κ1) is 13.5. The molecule has 94 valence electrons. The molecule has 0 saturated heterocycles. The molecule has 1 fully saturated rings. The van der Waals surface area contributed by atoms with Crippen molar-refractivity contribution in [2.75, 3.05) is 6.61 Å². The Bertz CT molecular complexity index is 237. The predicted octanol–water partition coefficient (Wildman–Crippen LogP) is 2.23. The Balaban J connectivity index is 2.52. The van der Waals surface area contributed by atoms with Crippen molar-refractivity contribution >= 4 is 5.91 Å². The summed E-state index contributed by atoms with van der Waals surface area (Å²) in [6.45, 7) is 6.24. The highest BCUT2D eigenvalue weighted by Crippen LogP contribution is 2.28. The Hall–Kier alpha value is -0.570. The van der Waals surface area contributed by atoms with Crippen LogP contribution in [0.25, 0.3) is 0 Å². The standard InChI is InChI=1S/C13H25NO2/c1-12(2,3)9-11(16)14-13(10-15)7-5-4-6-8-13/h15H,4-10H2,1-3H3,(H,14,16). The Morgan fingerprint density at radius 3 is 2.25 bits per heavy atom. The van der Waals surface area contributed by atoms with E-state index in [1.54, 1.807) is 0 Å². The van der Waals surface area contributed by atoms with Crippen LogP contribution in [0.4, 0.5) is 0 Å². The summed E-state index contributed by atoms with van der Waals surface area (Å²) < 4.78 is 0. The van der Waals surface area contributed by atoms with Gasteiger partial charge >= 0.3 is 0 Å². The van der Waals surface area contributed by atoms with Crippen molar-refractivity contribution in [3.05, 3.63) is 0 Å². The SMILES string of the molecule is CC(C)(C)CC(=O)NC1(CO)CCCCC1. The molecule has 2 N–H and O–H groups in total. The van der Waals surface area contributed by atoms with E-state index in [1.807, 2.05) is 0 Å². The van der Waals surface area contributed by atoms with E-state index in [-0.39, 0.29) is 23.5 Å². The summed E-state index contributed by atoms with van der Waals surface area (Å²) in [6.07, 6.45) is 5.79. The number of carbonyl (C=O) groups excluding carboxylic acids is 1. The Kier molecular flexibility index (Phi) is 4.36. The molecule has 0 atom stereocenters. The van der Waals surface area contributed by atoms with E-state index in [0.29, 0.717) is 6.42 Å². The summed E-state index contributed by atoms with van der Waals surface area (Å²) in [5.41, 5.74) is -0.323. The molecule has 0 heterocycles. The van der Waals surface area contributed by atoms with Gasteiger partial charge in [-0.05, 0) is 18.3 Å². The molecule has 1 saturated carbocycles. The van der Waals surface area contributed by atoms with Gasteiger partial charge in [0.05, 0.1) is 12.1 Å². The first-order valence-corrected chi connectivity index (χ1v) is 6.29. The zero-order valence-corrected chi connectivity index (χ0v) is 10.8. The summed E-state index contributed by atoms with van der Waals surface area (Å²) >= 11 is 0. The lowest BCUT2D eigenvalue weighted by atomic mass is 9.81. The molecule has 1 aliphatic rings. The zero-order chi connectivity index (χ0) is 12.2. The minimum absolute atomic E-state index is 0.00932. The summed E-state index contributed by atoms with van der Waals surface area (Å²) in [4.78, 5) is 11.9. The summed E-state index contributed by atoms with van der Waals surface area (Å²) in [6, 6.07) is 0. The molecule has 0 aromatic heterocycles. The maximum absolute atomic E-state index is 11.9. The van der Waals surface area contributed by atoms with Gasteiger partial charge in [-0.2, -0.15) is 0 Å². The van der Waals surface area contributed by atoms with Gasteiger partial charge in [-0.15, -0.1) is 0 Å². The van der Waals surface area contributed by atoms with Crippen molar-refractivity contribution in [2.24, 2.45) is 5.41 Å². The van der Waals surface area contributed by atoms with Crippen LogP contribution in [-0.4, -0.2) is 23.2 Å². The van der Waals surface area contributed by atoms with Crippen LogP contribution in [0, 0.1) is 5.41 Å². The number of carbonyl (C=O) groups is 1. The topological polar surface area (TPSA) is 49.3 Å². The molecule has 0 bridgehead atoms. The highest BCUT2D eigenvalue weighted by molar-refractivity contribution is 5.77. The van der Waals surface area contributed by atoms with E-state index in [2.05, 4.69) is 26.1 Å². The maximum Gasteiger partial charge on any atom is 0.221 e. The van der Waals surface area contributed by atoms with Crippen LogP contribution in [0.1, 0.15) is 59.3 Å². The number of hydrogen-bond acceptors (Lipinski definition) is 2. The molecular weight excluding hydrogens is 202 g/mol. The van der Waals surface area contributed by atoms with Crippen LogP contribution < -0.4 is 5.32 Å². The molecule has 0 radical (unpaired) electrons. The van der Waals surface area contributed by atoms with Crippen LogP contribution in [0.15, 0.2) is 0 Å². The number of amides is 1. The van der Waals surface area contributed by atoms with Gasteiger partial charge in [0.1, 0.15) is 0 Å². The lowest BCUT2D eigenvalue weighted by Gasteiger charge is -2.37. The molecule has 0 aromatic carbocycles. The van der Waals surface area contributed by atoms with Gasteiger partial charge in [0, 0.05) is 6.42 Å². The molecule has 0 unspecified atom stereocenters. The van der Waals surface area contributed by atoms with Gasteiger partial charge < -0.3 is 10.4 Å². The predicted molar refractivity (Wildman–Crippen MR) is 65.1 cm³/mol. The van der Waals surface area contributed by atoms with Gasteiger partial charge in [0.2, 0.25) is 5.91 Å². The minimum atomic E-state index is -0.333. The fourth-order valence-electron chi connectivity index (χ4n) is 2.37. The van der Waals surface area contributed by atoms with Crippen LogP contribution in [-0.2, 0) is 4.79 Å². The monoisotopic (exact) mass is 227 g/mol. The largest absolute Gasteiger partial charge is 0.394 e. The van der Waals surface area contributed by atoms with Crippen molar-refractivity contribution < 1.29 is 9.90 Å². The average Bonchev–Trinajstić information content (AvgIpc) is 2.16. The second kappa shape index (κ2) is 5.17. The van der Waals surface area contributed by atoms with E-state index in [9.17, 15) is 9.90 Å². The quantitative estimate of drug-likeness (QED) is 0.777. The fourth-order valence-corrected chi connectivity index (χ4v) is 2.37. The van der Waals surface area contributed by atoms with E-state index < -0.39 is 0 Å². The van der Waals surface area contributed by atoms with Gasteiger partial charge in [-0.1, -0.05) is 40.0 Å². The Labute approximate surface area is 98.6 Å². The number of nitrogens with one attached hydrogen (secondary N) is 1. The lowest BCUT2D eigenvalue weighted by Crippen LogP contribution is -2.53. The smallest absolute Gasteiger partial charge is 0.221 e. The van der Waals surface area contributed by atoms with Crippen LogP contribution in [0.2, 0.25) is 0 Å².